The molecule has 2 rings (SSSR count). The number of ether oxygens (including phenoxy) is 2. The molecule has 0 bridgehead atoms. The number of hydrogen-bond acceptors (Lipinski definition) is 3. The van der Waals surface area contributed by atoms with E-state index in [2.05, 4.69) is 20.8 Å². The lowest BCUT2D eigenvalue weighted by molar-refractivity contribution is -0.118. The first-order valence-corrected chi connectivity index (χ1v) is 6.16. The zero-order valence-corrected chi connectivity index (χ0v) is 10.6. The molecule has 1 aromatic carbocycles. The van der Waals surface area contributed by atoms with E-state index in [-0.39, 0.29) is 12.0 Å². The van der Waals surface area contributed by atoms with Gasteiger partial charge in [-0.25, -0.2) is 0 Å². The standard InChI is InChI=1S/C14H20O3/c1-4-14(9-16-13(17-14)10(2)3)11-6-5-7-12(15)8-11/h5-8,10,13,15H,4,9H2,1-3H3. The number of rotatable bonds is 3. The fourth-order valence-corrected chi connectivity index (χ4v) is 2.17. The van der Waals surface area contributed by atoms with Crippen LogP contribution in [0.25, 0.3) is 0 Å². The van der Waals surface area contributed by atoms with Crippen LogP contribution in [0.4, 0.5) is 0 Å². The maximum absolute atomic E-state index is 9.56. The minimum absolute atomic E-state index is 0.155. The molecule has 1 N–H and O–H groups in total. The number of phenols is 1. The molecule has 94 valence electrons. The molecule has 0 spiro atoms. The van der Waals surface area contributed by atoms with E-state index < -0.39 is 5.60 Å². The van der Waals surface area contributed by atoms with E-state index in [1.807, 2.05) is 12.1 Å². The van der Waals surface area contributed by atoms with Gasteiger partial charge in [0, 0.05) is 5.92 Å². The van der Waals surface area contributed by atoms with Crippen molar-refractivity contribution in [2.75, 3.05) is 6.61 Å². The van der Waals surface area contributed by atoms with Gasteiger partial charge < -0.3 is 14.6 Å². The van der Waals surface area contributed by atoms with Crippen molar-refractivity contribution >= 4 is 0 Å². The lowest BCUT2D eigenvalue weighted by Gasteiger charge is -2.27. The molecule has 1 fully saturated rings. The minimum Gasteiger partial charge on any atom is -0.508 e. The molecule has 1 aliphatic rings. The second kappa shape index (κ2) is 4.67. The van der Waals surface area contributed by atoms with Gasteiger partial charge in [-0.1, -0.05) is 32.9 Å². The van der Waals surface area contributed by atoms with Crippen molar-refractivity contribution in [3.63, 3.8) is 0 Å². The van der Waals surface area contributed by atoms with Crippen molar-refractivity contribution in [2.45, 2.75) is 39.1 Å². The van der Waals surface area contributed by atoms with Gasteiger partial charge in [0.2, 0.25) is 0 Å². The van der Waals surface area contributed by atoms with Gasteiger partial charge >= 0.3 is 0 Å². The molecule has 1 aromatic rings. The first kappa shape index (κ1) is 12.4. The quantitative estimate of drug-likeness (QED) is 0.876. The van der Waals surface area contributed by atoms with Crippen LogP contribution >= 0.6 is 0 Å². The predicted octanol–water partition coefficient (Wildman–Crippen LogP) is 3.03. The Bertz CT molecular complexity index is 389. The van der Waals surface area contributed by atoms with Crippen LogP contribution in [0.15, 0.2) is 24.3 Å². The van der Waals surface area contributed by atoms with E-state index in [1.54, 1.807) is 12.1 Å². The monoisotopic (exact) mass is 236 g/mol. The topological polar surface area (TPSA) is 38.7 Å². The Balaban J connectivity index is 2.27. The van der Waals surface area contributed by atoms with Crippen LogP contribution in [0.3, 0.4) is 0 Å². The molecular formula is C14H20O3. The van der Waals surface area contributed by atoms with Gasteiger partial charge in [-0.15, -0.1) is 0 Å². The molecule has 0 saturated carbocycles. The van der Waals surface area contributed by atoms with Crippen molar-refractivity contribution in [1.29, 1.82) is 0 Å². The highest BCUT2D eigenvalue weighted by Crippen LogP contribution is 2.39. The molecule has 2 atom stereocenters. The number of hydrogen-bond donors (Lipinski definition) is 1. The molecule has 1 aliphatic heterocycles. The Hall–Kier alpha value is -1.06. The summed E-state index contributed by atoms with van der Waals surface area (Å²) in [7, 11) is 0. The average molecular weight is 236 g/mol. The first-order chi connectivity index (χ1) is 8.07. The van der Waals surface area contributed by atoms with E-state index >= 15 is 0 Å². The van der Waals surface area contributed by atoms with Crippen LogP contribution in [-0.4, -0.2) is 18.0 Å². The molecule has 1 saturated heterocycles. The zero-order chi connectivity index (χ0) is 12.5. The first-order valence-electron chi connectivity index (χ1n) is 6.16. The lowest BCUT2D eigenvalue weighted by Crippen LogP contribution is -2.29. The van der Waals surface area contributed by atoms with E-state index in [0.29, 0.717) is 12.5 Å². The predicted molar refractivity (Wildman–Crippen MR) is 65.7 cm³/mol. The van der Waals surface area contributed by atoms with Crippen molar-refractivity contribution in [1.82, 2.24) is 0 Å². The van der Waals surface area contributed by atoms with Gasteiger partial charge in [0.15, 0.2) is 6.29 Å². The SMILES string of the molecule is CCC1(c2cccc(O)c2)COC(C(C)C)O1. The fourth-order valence-electron chi connectivity index (χ4n) is 2.17. The third kappa shape index (κ3) is 2.31. The third-order valence-corrected chi connectivity index (χ3v) is 3.31. The molecule has 2 unspecified atom stereocenters. The second-order valence-corrected chi connectivity index (χ2v) is 4.94. The van der Waals surface area contributed by atoms with Crippen molar-refractivity contribution in [3.8, 4) is 5.75 Å². The Morgan fingerprint density at radius 2 is 2.24 bits per heavy atom. The van der Waals surface area contributed by atoms with Crippen LogP contribution in [-0.2, 0) is 15.1 Å². The minimum atomic E-state index is -0.409. The van der Waals surface area contributed by atoms with Crippen LogP contribution in [0.1, 0.15) is 32.8 Å². The van der Waals surface area contributed by atoms with Gasteiger partial charge in [-0.3, -0.25) is 0 Å². The molecule has 0 aromatic heterocycles. The third-order valence-electron chi connectivity index (χ3n) is 3.31. The van der Waals surface area contributed by atoms with Crippen LogP contribution in [0.5, 0.6) is 5.75 Å². The summed E-state index contributed by atoms with van der Waals surface area (Å²) >= 11 is 0. The van der Waals surface area contributed by atoms with E-state index in [0.717, 1.165) is 12.0 Å². The number of benzene rings is 1. The summed E-state index contributed by atoms with van der Waals surface area (Å²) in [6.07, 6.45) is 0.678. The van der Waals surface area contributed by atoms with Crippen LogP contribution < -0.4 is 0 Å². The second-order valence-electron chi connectivity index (χ2n) is 4.94. The van der Waals surface area contributed by atoms with Crippen LogP contribution in [0.2, 0.25) is 0 Å². The van der Waals surface area contributed by atoms with E-state index in [4.69, 9.17) is 9.47 Å². The summed E-state index contributed by atoms with van der Waals surface area (Å²) < 4.78 is 11.8. The Morgan fingerprint density at radius 3 is 2.76 bits per heavy atom. The van der Waals surface area contributed by atoms with Crippen LogP contribution in [0, 0.1) is 5.92 Å². The summed E-state index contributed by atoms with van der Waals surface area (Å²) in [5.41, 5.74) is 0.580. The fraction of sp³-hybridized carbons (Fsp3) is 0.571. The van der Waals surface area contributed by atoms with Gasteiger partial charge in [0.1, 0.15) is 11.4 Å². The summed E-state index contributed by atoms with van der Waals surface area (Å²) in [5.74, 6) is 0.604. The largest absolute Gasteiger partial charge is 0.508 e. The Kier molecular flexibility index (Phi) is 3.40. The maximum atomic E-state index is 9.56. The van der Waals surface area contributed by atoms with Gasteiger partial charge in [-0.05, 0) is 24.1 Å². The molecule has 3 nitrogen and oxygen atoms in total. The molecule has 3 heteroatoms. The smallest absolute Gasteiger partial charge is 0.161 e. The van der Waals surface area contributed by atoms with E-state index in [9.17, 15) is 5.11 Å². The highest BCUT2D eigenvalue weighted by molar-refractivity contribution is 5.32. The van der Waals surface area contributed by atoms with Gasteiger partial charge in [0.05, 0.1) is 6.61 Å². The number of aromatic hydroxyl groups is 1. The summed E-state index contributed by atoms with van der Waals surface area (Å²) in [4.78, 5) is 0. The van der Waals surface area contributed by atoms with Gasteiger partial charge in [0.25, 0.3) is 0 Å². The molecule has 17 heavy (non-hydrogen) atoms. The van der Waals surface area contributed by atoms with Crippen molar-refractivity contribution in [2.24, 2.45) is 5.92 Å². The summed E-state index contributed by atoms with van der Waals surface area (Å²) in [6, 6.07) is 7.25. The molecular weight excluding hydrogens is 216 g/mol. The zero-order valence-electron chi connectivity index (χ0n) is 10.6. The molecule has 1 heterocycles. The normalized spacial score (nSPS) is 28.8. The van der Waals surface area contributed by atoms with Crippen molar-refractivity contribution in [3.05, 3.63) is 29.8 Å². The maximum Gasteiger partial charge on any atom is 0.161 e. The lowest BCUT2D eigenvalue weighted by atomic mass is 9.92. The van der Waals surface area contributed by atoms with Crippen molar-refractivity contribution < 1.29 is 14.6 Å². The summed E-state index contributed by atoms with van der Waals surface area (Å²) in [6.45, 7) is 6.80. The summed E-state index contributed by atoms with van der Waals surface area (Å²) in [5, 5.41) is 9.56. The molecule has 0 amide bonds. The highest BCUT2D eigenvalue weighted by Gasteiger charge is 2.42. The van der Waals surface area contributed by atoms with Gasteiger partial charge in [-0.2, -0.15) is 0 Å². The highest BCUT2D eigenvalue weighted by atomic mass is 16.7. The molecule has 0 aliphatic carbocycles. The van der Waals surface area contributed by atoms with E-state index in [1.165, 1.54) is 0 Å². The number of phenolic OH excluding ortho intramolecular Hbond substituents is 1. The average Bonchev–Trinajstić information content (AvgIpc) is 2.75. The Morgan fingerprint density at radius 1 is 1.47 bits per heavy atom. The molecule has 0 radical (unpaired) electrons. The Labute approximate surface area is 102 Å².